The molecule has 2 N–H and O–H groups in total. The number of anilines is 4. The van der Waals surface area contributed by atoms with Crippen LogP contribution in [0.1, 0.15) is 5.56 Å². The van der Waals surface area contributed by atoms with Crippen molar-refractivity contribution in [3.63, 3.8) is 0 Å². The Labute approximate surface area is 160 Å². The zero-order valence-electron chi connectivity index (χ0n) is 14.7. The highest BCUT2D eigenvalue weighted by molar-refractivity contribution is 7.13. The lowest BCUT2D eigenvalue weighted by Crippen LogP contribution is -2.37. The third-order valence-electron chi connectivity index (χ3n) is 4.79. The van der Waals surface area contributed by atoms with Gasteiger partial charge in [0, 0.05) is 36.8 Å². The molecule has 0 aliphatic carbocycles. The van der Waals surface area contributed by atoms with Gasteiger partial charge in [-0.25, -0.2) is 9.97 Å². The summed E-state index contributed by atoms with van der Waals surface area (Å²) in [4.78, 5) is 22.9. The van der Waals surface area contributed by atoms with Gasteiger partial charge in [0.1, 0.15) is 22.3 Å². The van der Waals surface area contributed by atoms with Crippen molar-refractivity contribution < 1.29 is 4.74 Å². The fraction of sp³-hybridized carbons (Fsp3) is 0.333. The quantitative estimate of drug-likeness (QED) is 0.737. The monoisotopic (exact) mass is 381 g/mol. The van der Waals surface area contributed by atoms with Gasteiger partial charge in [-0.3, -0.25) is 4.98 Å². The Morgan fingerprint density at radius 2 is 2.00 bits per heavy atom. The van der Waals surface area contributed by atoms with Crippen LogP contribution >= 0.6 is 11.3 Å². The third kappa shape index (κ3) is 2.98. The normalized spacial score (nSPS) is 16.6. The molecule has 0 bridgehead atoms. The van der Waals surface area contributed by atoms with Gasteiger partial charge in [0.05, 0.1) is 25.1 Å². The van der Waals surface area contributed by atoms with Crippen molar-refractivity contribution in [3.8, 4) is 10.7 Å². The second kappa shape index (κ2) is 6.75. The summed E-state index contributed by atoms with van der Waals surface area (Å²) >= 11 is 1.52. The molecular weight excluding hydrogens is 362 g/mol. The van der Waals surface area contributed by atoms with Crippen LogP contribution in [0.4, 0.5) is 23.3 Å². The molecule has 5 rings (SSSR count). The van der Waals surface area contributed by atoms with Crippen LogP contribution in [-0.2, 0) is 11.2 Å². The topological polar surface area (TPSA) is 93.3 Å². The standard InChI is InChI=1S/C18H19N7OS/c19-14-11-27-17(21-14)15-13-3-5-25(12-2-1-4-20-10-12)16(13)23-18(22-15)24-6-8-26-9-7-24/h1-2,4,10-11H,3,5-9,19H2. The highest BCUT2D eigenvalue weighted by atomic mass is 32.1. The lowest BCUT2D eigenvalue weighted by atomic mass is 10.2. The minimum atomic E-state index is 0.525. The van der Waals surface area contributed by atoms with E-state index < -0.39 is 0 Å². The Bertz CT molecular complexity index is 956. The summed E-state index contributed by atoms with van der Waals surface area (Å²) in [7, 11) is 0. The van der Waals surface area contributed by atoms with Gasteiger partial charge in [0.2, 0.25) is 5.95 Å². The molecule has 0 spiro atoms. The number of fused-ring (bicyclic) bond motifs is 1. The third-order valence-corrected chi connectivity index (χ3v) is 5.66. The van der Waals surface area contributed by atoms with Crippen LogP contribution in [0, 0.1) is 0 Å². The lowest BCUT2D eigenvalue weighted by Gasteiger charge is -2.28. The van der Waals surface area contributed by atoms with E-state index in [1.165, 1.54) is 11.3 Å². The van der Waals surface area contributed by atoms with E-state index in [1.807, 2.05) is 17.6 Å². The SMILES string of the molecule is Nc1csc(-c2nc(N3CCOCC3)nc3c2CCN3c2cccnc2)n1. The van der Waals surface area contributed by atoms with Crippen molar-refractivity contribution >= 4 is 34.6 Å². The van der Waals surface area contributed by atoms with Crippen LogP contribution in [0.3, 0.4) is 0 Å². The average molecular weight is 381 g/mol. The van der Waals surface area contributed by atoms with Gasteiger partial charge in [0.25, 0.3) is 0 Å². The second-order valence-electron chi connectivity index (χ2n) is 6.46. The number of hydrogen-bond donors (Lipinski definition) is 1. The molecule has 3 aromatic heterocycles. The first-order valence-electron chi connectivity index (χ1n) is 8.92. The lowest BCUT2D eigenvalue weighted by molar-refractivity contribution is 0.122. The first-order chi connectivity index (χ1) is 13.3. The fourth-order valence-electron chi connectivity index (χ4n) is 3.48. The van der Waals surface area contributed by atoms with Crippen molar-refractivity contribution in [2.45, 2.75) is 6.42 Å². The van der Waals surface area contributed by atoms with Gasteiger partial charge < -0.3 is 20.3 Å². The first kappa shape index (κ1) is 16.4. The van der Waals surface area contributed by atoms with Crippen molar-refractivity contribution in [2.75, 3.05) is 48.4 Å². The maximum atomic E-state index is 5.87. The van der Waals surface area contributed by atoms with E-state index in [2.05, 4.69) is 25.8 Å². The van der Waals surface area contributed by atoms with Crippen LogP contribution in [0.2, 0.25) is 0 Å². The predicted molar refractivity (Wildman–Crippen MR) is 106 cm³/mol. The van der Waals surface area contributed by atoms with Crippen molar-refractivity contribution in [1.82, 2.24) is 19.9 Å². The highest BCUT2D eigenvalue weighted by Gasteiger charge is 2.30. The number of hydrogen-bond acceptors (Lipinski definition) is 9. The fourth-order valence-corrected chi connectivity index (χ4v) is 4.21. The summed E-state index contributed by atoms with van der Waals surface area (Å²) in [5.74, 6) is 2.18. The molecule has 138 valence electrons. The molecule has 3 aromatic rings. The zero-order valence-corrected chi connectivity index (χ0v) is 15.5. The number of rotatable bonds is 3. The Kier molecular flexibility index (Phi) is 4.10. The van der Waals surface area contributed by atoms with Crippen molar-refractivity contribution in [3.05, 3.63) is 35.5 Å². The minimum absolute atomic E-state index is 0.525. The van der Waals surface area contributed by atoms with E-state index in [-0.39, 0.29) is 0 Å². The summed E-state index contributed by atoms with van der Waals surface area (Å²) < 4.78 is 5.48. The van der Waals surface area contributed by atoms with E-state index >= 15 is 0 Å². The molecule has 2 aliphatic heterocycles. The Morgan fingerprint density at radius 1 is 1.11 bits per heavy atom. The van der Waals surface area contributed by atoms with E-state index in [0.29, 0.717) is 19.0 Å². The highest BCUT2D eigenvalue weighted by Crippen LogP contribution is 2.39. The summed E-state index contributed by atoms with van der Waals surface area (Å²) in [6.45, 7) is 3.78. The number of thiazole rings is 1. The maximum Gasteiger partial charge on any atom is 0.228 e. The predicted octanol–water partition coefficient (Wildman–Crippen LogP) is 2.11. The molecule has 0 atom stereocenters. The molecule has 0 unspecified atom stereocenters. The molecule has 9 heteroatoms. The summed E-state index contributed by atoms with van der Waals surface area (Å²) in [6, 6.07) is 4.00. The molecule has 0 aromatic carbocycles. The number of pyridine rings is 1. The molecule has 0 amide bonds. The van der Waals surface area contributed by atoms with Crippen LogP contribution in [0.5, 0.6) is 0 Å². The molecule has 1 fully saturated rings. The van der Waals surface area contributed by atoms with E-state index in [0.717, 1.165) is 59.8 Å². The number of nitrogens with two attached hydrogens (primary N) is 1. The van der Waals surface area contributed by atoms with Gasteiger partial charge in [-0.05, 0) is 18.6 Å². The van der Waals surface area contributed by atoms with Gasteiger partial charge in [-0.2, -0.15) is 4.98 Å². The Morgan fingerprint density at radius 3 is 2.74 bits per heavy atom. The zero-order chi connectivity index (χ0) is 18.2. The van der Waals surface area contributed by atoms with E-state index in [9.17, 15) is 0 Å². The molecule has 0 radical (unpaired) electrons. The Balaban J connectivity index is 1.64. The van der Waals surface area contributed by atoms with E-state index in [1.54, 1.807) is 6.20 Å². The van der Waals surface area contributed by atoms with Gasteiger partial charge in [-0.1, -0.05) is 0 Å². The molecule has 2 aliphatic rings. The maximum absolute atomic E-state index is 5.87. The average Bonchev–Trinajstić information content (AvgIpc) is 3.35. The smallest absolute Gasteiger partial charge is 0.228 e. The molecule has 0 saturated carbocycles. The number of morpholine rings is 1. The number of aromatic nitrogens is 4. The van der Waals surface area contributed by atoms with Crippen LogP contribution in [-0.4, -0.2) is 52.8 Å². The van der Waals surface area contributed by atoms with Crippen LogP contribution < -0.4 is 15.5 Å². The number of nitrogen functional groups attached to an aromatic ring is 1. The Hall–Kier alpha value is -2.78. The van der Waals surface area contributed by atoms with E-state index in [4.69, 9.17) is 20.4 Å². The van der Waals surface area contributed by atoms with Gasteiger partial charge in [0.15, 0.2) is 0 Å². The van der Waals surface area contributed by atoms with Gasteiger partial charge >= 0.3 is 0 Å². The minimum Gasteiger partial charge on any atom is -0.383 e. The number of ether oxygens (including phenoxy) is 1. The summed E-state index contributed by atoms with van der Waals surface area (Å²) in [5, 5.41) is 2.69. The van der Waals surface area contributed by atoms with Gasteiger partial charge in [-0.15, -0.1) is 11.3 Å². The first-order valence-corrected chi connectivity index (χ1v) is 9.80. The number of nitrogens with zero attached hydrogens (tertiary/aromatic N) is 6. The largest absolute Gasteiger partial charge is 0.383 e. The molecule has 1 saturated heterocycles. The summed E-state index contributed by atoms with van der Waals surface area (Å²) in [5.41, 5.74) is 8.91. The van der Waals surface area contributed by atoms with Crippen molar-refractivity contribution in [1.29, 1.82) is 0 Å². The molecule has 8 nitrogen and oxygen atoms in total. The molecular formula is C18H19N7OS. The van der Waals surface area contributed by atoms with Crippen LogP contribution in [0.25, 0.3) is 10.7 Å². The molecule has 5 heterocycles. The van der Waals surface area contributed by atoms with Crippen LogP contribution in [0.15, 0.2) is 29.9 Å². The summed E-state index contributed by atoms with van der Waals surface area (Å²) in [6.07, 6.45) is 4.51. The van der Waals surface area contributed by atoms with Crippen molar-refractivity contribution in [2.24, 2.45) is 0 Å². The molecule has 27 heavy (non-hydrogen) atoms. The second-order valence-corrected chi connectivity index (χ2v) is 7.32.